The van der Waals surface area contributed by atoms with Crippen molar-refractivity contribution < 1.29 is 14.3 Å². The van der Waals surface area contributed by atoms with Crippen LogP contribution in [0.5, 0.6) is 11.5 Å². The van der Waals surface area contributed by atoms with Gasteiger partial charge in [0.2, 0.25) is 0 Å². The number of ether oxygens (including phenoxy) is 2. The van der Waals surface area contributed by atoms with E-state index in [0.717, 1.165) is 42.7 Å². The number of carbonyl (C=O) groups is 1. The molecule has 0 aliphatic carbocycles. The average Bonchev–Trinajstić information content (AvgIpc) is 2.70. The van der Waals surface area contributed by atoms with Crippen molar-refractivity contribution in [1.82, 2.24) is 0 Å². The summed E-state index contributed by atoms with van der Waals surface area (Å²) in [4.78, 5) is 12.8. The van der Waals surface area contributed by atoms with Crippen molar-refractivity contribution in [3.63, 3.8) is 0 Å². The van der Waals surface area contributed by atoms with E-state index < -0.39 is 0 Å². The molecular formula is C25H34O3. The minimum atomic E-state index is -0.0765. The molecule has 0 amide bonds. The zero-order valence-corrected chi connectivity index (χ0v) is 17.7. The molecule has 3 nitrogen and oxygen atoms in total. The average molecular weight is 383 g/mol. The molecule has 0 fully saturated rings. The van der Waals surface area contributed by atoms with Gasteiger partial charge in [0.15, 0.2) is 0 Å². The number of carbonyl (C=O) groups excluding carboxylic acids is 1. The fourth-order valence-electron chi connectivity index (χ4n) is 3.69. The van der Waals surface area contributed by atoms with Gasteiger partial charge in [-0.2, -0.15) is 0 Å². The SMILES string of the molecule is CCCCC(CC)C(C(=O)OCc1cccc(Oc2ccccc2)c1)C(C)C. The van der Waals surface area contributed by atoms with E-state index in [9.17, 15) is 4.79 Å². The number of esters is 1. The van der Waals surface area contributed by atoms with Gasteiger partial charge in [0, 0.05) is 0 Å². The second-order valence-electron chi connectivity index (χ2n) is 7.75. The smallest absolute Gasteiger partial charge is 0.309 e. The number of rotatable bonds is 11. The summed E-state index contributed by atoms with van der Waals surface area (Å²) in [5, 5.41) is 0. The van der Waals surface area contributed by atoms with Crippen LogP contribution in [0.15, 0.2) is 54.6 Å². The first-order chi connectivity index (χ1) is 13.5. The molecule has 2 aromatic carbocycles. The van der Waals surface area contributed by atoms with Crippen LogP contribution in [0.2, 0.25) is 0 Å². The van der Waals surface area contributed by atoms with Gasteiger partial charge in [0.05, 0.1) is 5.92 Å². The highest BCUT2D eigenvalue weighted by atomic mass is 16.5. The van der Waals surface area contributed by atoms with Crippen LogP contribution >= 0.6 is 0 Å². The van der Waals surface area contributed by atoms with Crippen molar-refractivity contribution in [1.29, 1.82) is 0 Å². The molecule has 0 saturated carbocycles. The number of para-hydroxylation sites is 1. The van der Waals surface area contributed by atoms with E-state index >= 15 is 0 Å². The van der Waals surface area contributed by atoms with Gasteiger partial charge in [-0.15, -0.1) is 0 Å². The molecule has 2 rings (SSSR count). The highest BCUT2D eigenvalue weighted by molar-refractivity contribution is 5.73. The molecule has 0 spiro atoms. The standard InChI is InChI=1S/C25H34O3/c1-5-7-13-21(6-2)24(19(3)4)25(26)27-18-20-12-11-16-23(17-20)28-22-14-9-8-10-15-22/h8-12,14-17,19,21,24H,5-7,13,18H2,1-4H3. The first-order valence-electron chi connectivity index (χ1n) is 10.5. The topological polar surface area (TPSA) is 35.5 Å². The van der Waals surface area contributed by atoms with Gasteiger partial charge in [0.1, 0.15) is 18.1 Å². The quantitative estimate of drug-likeness (QED) is 0.392. The molecule has 2 atom stereocenters. The van der Waals surface area contributed by atoms with Crippen molar-refractivity contribution in [2.24, 2.45) is 17.8 Å². The number of hydrogen-bond acceptors (Lipinski definition) is 3. The van der Waals surface area contributed by atoms with Gasteiger partial charge in [0.25, 0.3) is 0 Å². The molecule has 0 heterocycles. The summed E-state index contributed by atoms with van der Waals surface area (Å²) in [5.41, 5.74) is 0.936. The Labute approximate surface area is 170 Å². The van der Waals surface area contributed by atoms with E-state index in [0.29, 0.717) is 5.92 Å². The van der Waals surface area contributed by atoms with E-state index in [1.165, 1.54) is 0 Å². The number of hydrogen-bond donors (Lipinski definition) is 0. The van der Waals surface area contributed by atoms with Crippen molar-refractivity contribution in [2.75, 3.05) is 0 Å². The Balaban J connectivity index is 1.99. The Hall–Kier alpha value is -2.29. The molecule has 0 saturated heterocycles. The summed E-state index contributed by atoms with van der Waals surface area (Å²) in [7, 11) is 0. The molecule has 0 aliphatic heterocycles. The maximum Gasteiger partial charge on any atom is 0.309 e. The van der Waals surface area contributed by atoms with Crippen molar-refractivity contribution in [2.45, 2.75) is 60.0 Å². The van der Waals surface area contributed by atoms with Crippen LogP contribution in [-0.2, 0) is 16.1 Å². The largest absolute Gasteiger partial charge is 0.461 e. The lowest BCUT2D eigenvalue weighted by Crippen LogP contribution is -2.30. The fourth-order valence-corrected chi connectivity index (χ4v) is 3.69. The fraction of sp³-hybridized carbons (Fsp3) is 0.480. The third-order valence-corrected chi connectivity index (χ3v) is 5.21. The van der Waals surface area contributed by atoms with Gasteiger partial charge in [-0.1, -0.05) is 77.3 Å². The van der Waals surface area contributed by atoms with Crippen LogP contribution in [0.4, 0.5) is 0 Å². The van der Waals surface area contributed by atoms with Crippen LogP contribution < -0.4 is 4.74 Å². The minimum absolute atomic E-state index is 0.0414. The minimum Gasteiger partial charge on any atom is -0.461 e. The van der Waals surface area contributed by atoms with Gasteiger partial charge in [-0.3, -0.25) is 4.79 Å². The van der Waals surface area contributed by atoms with Crippen LogP contribution in [0.3, 0.4) is 0 Å². The zero-order chi connectivity index (χ0) is 20.4. The van der Waals surface area contributed by atoms with Gasteiger partial charge >= 0.3 is 5.97 Å². The first-order valence-corrected chi connectivity index (χ1v) is 10.5. The molecule has 0 aliphatic rings. The Morgan fingerprint density at radius 3 is 2.32 bits per heavy atom. The molecule has 0 radical (unpaired) electrons. The van der Waals surface area contributed by atoms with Crippen LogP contribution in [0.1, 0.15) is 58.9 Å². The maximum absolute atomic E-state index is 12.8. The highest BCUT2D eigenvalue weighted by Crippen LogP contribution is 2.30. The second kappa shape index (κ2) is 11.5. The summed E-state index contributed by atoms with van der Waals surface area (Å²) in [6.45, 7) is 8.88. The molecular weight excluding hydrogens is 348 g/mol. The maximum atomic E-state index is 12.8. The Kier molecular flexibility index (Phi) is 9.06. The second-order valence-corrected chi connectivity index (χ2v) is 7.75. The number of unbranched alkanes of at least 4 members (excludes halogenated alkanes) is 1. The lowest BCUT2D eigenvalue weighted by atomic mass is 9.79. The van der Waals surface area contributed by atoms with Crippen LogP contribution in [-0.4, -0.2) is 5.97 Å². The monoisotopic (exact) mass is 382 g/mol. The lowest BCUT2D eigenvalue weighted by molar-refractivity contribution is -0.154. The summed E-state index contributed by atoms with van der Waals surface area (Å²) in [5.74, 6) is 2.09. The van der Waals surface area contributed by atoms with Crippen molar-refractivity contribution in [3.8, 4) is 11.5 Å². The normalized spacial score (nSPS) is 13.2. The third kappa shape index (κ3) is 6.70. The predicted molar refractivity (Wildman–Crippen MR) is 114 cm³/mol. The van der Waals surface area contributed by atoms with E-state index in [1.807, 2.05) is 54.6 Å². The molecule has 2 aromatic rings. The van der Waals surface area contributed by atoms with E-state index in [2.05, 4.69) is 27.7 Å². The van der Waals surface area contributed by atoms with Gasteiger partial charge in [-0.05, 0) is 48.1 Å². The number of benzene rings is 2. The Bertz CT molecular complexity index is 709. The van der Waals surface area contributed by atoms with Crippen molar-refractivity contribution >= 4 is 5.97 Å². The van der Waals surface area contributed by atoms with E-state index in [1.54, 1.807) is 0 Å². The summed E-state index contributed by atoms with van der Waals surface area (Å²) in [6.07, 6.45) is 4.42. The Morgan fingerprint density at radius 1 is 0.964 bits per heavy atom. The zero-order valence-electron chi connectivity index (χ0n) is 17.7. The predicted octanol–water partition coefficient (Wildman–Crippen LogP) is 7.01. The molecule has 152 valence electrons. The van der Waals surface area contributed by atoms with Crippen LogP contribution in [0.25, 0.3) is 0 Å². The highest BCUT2D eigenvalue weighted by Gasteiger charge is 2.31. The molecule has 3 heteroatoms. The first kappa shape index (κ1) is 22.0. The third-order valence-electron chi connectivity index (χ3n) is 5.21. The van der Waals surface area contributed by atoms with Gasteiger partial charge < -0.3 is 9.47 Å². The molecule has 0 N–H and O–H groups in total. The molecule has 2 unspecified atom stereocenters. The van der Waals surface area contributed by atoms with E-state index in [-0.39, 0.29) is 24.4 Å². The summed E-state index contributed by atoms with van der Waals surface area (Å²) < 4.78 is 11.6. The summed E-state index contributed by atoms with van der Waals surface area (Å²) in [6, 6.07) is 17.4. The lowest BCUT2D eigenvalue weighted by Gasteiger charge is -2.27. The Morgan fingerprint density at radius 2 is 1.68 bits per heavy atom. The molecule has 0 aromatic heterocycles. The van der Waals surface area contributed by atoms with Crippen molar-refractivity contribution in [3.05, 3.63) is 60.2 Å². The molecule has 28 heavy (non-hydrogen) atoms. The molecule has 0 bridgehead atoms. The van der Waals surface area contributed by atoms with Crippen LogP contribution in [0, 0.1) is 17.8 Å². The van der Waals surface area contributed by atoms with E-state index in [4.69, 9.17) is 9.47 Å². The summed E-state index contributed by atoms with van der Waals surface area (Å²) >= 11 is 0. The van der Waals surface area contributed by atoms with Gasteiger partial charge in [-0.25, -0.2) is 0 Å².